The number of rotatable bonds is 3. The summed E-state index contributed by atoms with van der Waals surface area (Å²) in [6.07, 6.45) is 0.623. The fourth-order valence-electron chi connectivity index (χ4n) is 2.66. The number of halogens is 1. The highest BCUT2D eigenvalue weighted by molar-refractivity contribution is 6.30. The fraction of sp³-hybridized carbons (Fsp3) is 0.400. The van der Waals surface area contributed by atoms with Gasteiger partial charge in [0.15, 0.2) is 5.82 Å². The number of hydrogen-bond donors (Lipinski definition) is 2. The molecule has 2 N–H and O–H groups in total. The number of carbonyl (C=O) groups is 1. The number of amides is 1. The van der Waals surface area contributed by atoms with Crippen molar-refractivity contribution in [3.63, 3.8) is 0 Å². The smallest absolute Gasteiger partial charge is 0.254 e. The third-order valence-corrected chi connectivity index (χ3v) is 4.06. The third kappa shape index (κ3) is 2.84. The van der Waals surface area contributed by atoms with Crippen LogP contribution >= 0.6 is 11.6 Å². The van der Waals surface area contributed by atoms with Crippen LogP contribution in [0, 0.1) is 0 Å². The van der Waals surface area contributed by atoms with E-state index in [1.54, 1.807) is 29.2 Å². The van der Waals surface area contributed by atoms with Crippen molar-refractivity contribution < 1.29 is 9.90 Å². The van der Waals surface area contributed by atoms with Crippen LogP contribution in [-0.2, 0) is 6.42 Å². The lowest BCUT2D eigenvalue weighted by Gasteiger charge is -2.22. The second kappa shape index (κ2) is 6.06. The third-order valence-electron chi connectivity index (χ3n) is 3.81. The van der Waals surface area contributed by atoms with E-state index in [1.165, 1.54) is 0 Å². The summed E-state index contributed by atoms with van der Waals surface area (Å²) in [5.74, 6) is 1.17. The molecule has 1 aliphatic rings. The van der Waals surface area contributed by atoms with Crippen molar-refractivity contribution in [2.75, 3.05) is 6.54 Å². The Kier molecular flexibility index (Phi) is 4.13. The van der Waals surface area contributed by atoms with Gasteiger partial charge in [-0.15, -0.1) is 0 Å². The highest BCUT2D eigenvalue weighted by Gasteiger charge is 2.38. The number of carbonyl (C=O) groups excluding carboxylic acids is 1. The molecule has 2 atom stereocenters. The number of H-pyrrole nitrogens is 1. The normalized spacial score (nSPS) is 21.3. The lowest BCUT2D eigenvalue weighted by molar-refractivity contribution is 0.0711. The van der Waals surface area contributed by atoms with Gasteiger partial charge in [0.2, 0.25) is 0 Å². The summed E-state index contributed by atoms with van der Waals surface area (Å²) in [4.78, 5) is 18.7. The first-order valence-electron chi connectivity index (χ1n) is 7.24. The number of aliphatic hydroxyl groups excluding tert-OH is 1. The van der Waals surface area contributed by atoms with Gasteiger partial charge in [-0.3, -0.25) is 9.89 Å². The standard InChI is InChI=1S/C15H17ClN4O2/c1-2-13-17-14(19-18-13)12-7-11(21)8-20(12)15(22)9-3-5-10(16)6-4-9/h3-6,11-12,21H,2,7-8H2,1H3,(H,17,18,19)/t11-,12+/m1/s1. The highest BCUT2D eigenvalue weighted by atomic mass is 35.5. The molecule has 2 heterocycles. The van der Waals surface area contributed by atoms with Crippen LogP contribution in [0.5, 0.6) is 0 Å². The Labute approximate surface area is 133 Å². The Morgan fingerprint density at radius 1 is 1.45 bits per heavy atom. The molecule has 0 unspecified atom stereocenters. The van der Waals surface area contributed by atoms with Crippen molar-refractivity contribution in [2.24, 2.45) is 0 Å². The largest absolute Gasteiger partial charge is 0.391 e. The van der Waals surface area contributed by atoms with Crippen molar-refractivity contribution >= 4 is 17.5 Å². The van der Waals surface area contributed by atoms with E-state index in [4.69, 9.17) is 11.6 Å². The van der Waals surface area contributed by atoms with Crippen LogP contribution in [0.1, 0.15) is 41.4 Å². The average Bonchev–Trinajstić information content (AvgIpc) is 3.13. The van der Waals surface area contributed by atoms with Gasteiger partial charge < -0.3 is 10.0 Å². The zero-order chi connectivity index (χ0) is 15.7. The van der Waals surface area contributed by atoms with Crippen molar-refractivity contribution in [1.82, 2.24) is 20.1 Å². The average molecular weight is 321 g/mol. The maximum absolute atomic E-state index is 12.7. The number of aromatic nitrogens is 3. The second-order valence-electron chi connectivity index (χ2n) is 5.36. The summed E-state index contributed by atoms with van der Waals surface area (Å²) in [5, 5.41) is 17.6. The van der Waals surface area contributed by atoms with E-state index in [1.807, 2.05) is 6.92 Å². The number of nitrogens with zero attached hydrogens (tertiary/aromatic N) is 3. The second-order valence-corrected chi connectivity index (χ2v) is 5.80. The number of benzene rings is 1. The molecule has 0 aliphatic carbocycles. The number of nitrogens with one attached hydrogen (secondary N) is 1. The minimum Gasteiger partial charge on any atom is -0.391 e. The van der Waals surface area contributed by atoms with Crippen molar-refractivity contribution in [3.8, 4) is 0 Å². The van der Waals surface area contributed by atoms with E-state index in [0.717, 1.165) is 12.2 Å². The molecule has 1 aromatic carbocycles. The Hall–Kier alpha value is -1.92. The molecule has 7 heteroatoms. The Morgan fingerprint density at radius 3 is 2.82 bits per heavy atom. The fourth-order valence-corrected chi connectivity index (χ4v) is 2.78. The number of β-amino-alcohol motifs (C(OH)–C–C–N with tert-alkyl or cyclic N) is 1. The Morgan fingerprint density at radius 2 is 2.18 bits per heavy atom. The van der Waals surface area contributed by atoms with Crippen LogP contribution in [0.4, 0.5) is 0 Å². The van der Waals surface area contributed by atoms with Gasteiger partial charge in [0.25, 0.3) is 5.91 Å². The molecular weight excluding hydrogens is 304 g/mol. The van der Waals surface area contributed by atoms with Gasteiger partial charge in [-0.25, -0.2) is 4.98 Å². The van der Waals surface area contributed by atoms with Crippen LogP contribution in [0.2, 0.25) is 5.02 Å². The summed E-state index contributed by atoms with van der Waals surface area (Å²) in [7, 11) is 0. The summed E-state index contributed by atoms with van der Waals surface area (Å²) < 4.78 is 0. The molecule has 0 spiro atoms. The minimum atomic E-state index is -0.565. The predicted octanol–water partition coefficient (Wildman–Crippen LogP) is 1.97. The lowest BCUT2D eigenvalue weighted by atomic mass is 10.1. The summed E-state index contributed by atoms with van der Waals surface area (Å²) >= 11 is 5.85. The predicted molar refractivity (Wildman–Crippen MR) is 81.6 cm³/mol. The van der Waals surface area contributed by atoms with Gasteiger partial charge in [0.05, 0.1) is 12.1 Å². The molecule has 0 radical (unpaired) electrons. The maximum Gasteiger partial charge on any atom is 0.254 e. The van der Waals surface area contributed by atoms with Crippen LogP contribution < -0.4 is 0 Å². The van der Waals surface area contributed by atoms with E-state index in [2.05, 4.69) is 15.2 Å². The highest BCUT2D eigenvalue weighted by Crippen LogP contribution is 2.31. The van der Waals surface area contributed by atoms with E-state index < -0.39 is 6.10 Å². The van der Waals surface area contributed by atoms with Crippen LogP contribution in [-0.4, -0.2) is 43.7 Å². The first-order chi connectivity index (χ1) is 10.6. The summed E-state index contributed by atoms with van der Waals surface area (Å²) in [6, 6.07) is 6.41. The van der Waals surface area contributed by atoms with Gasteiger partial charge in [-0.1, -0.05) is 18.5 Å². The first kappa shape index (κ1) is 15.0. The monoisotopic (exact) mass is 320 g/mol. The summed E-state index contributed by atoms with van der Waals surface area (Å²) in [5.41, 5.74) is 0.537. The van der Waals surface area contributed by atoms with Gasteiger partial charge in [-0.05, 0) is 24.3 Å². The molecule has 1 fully saturated rings. The zero-order valence-corrected chi connectivity index (χ0v) is 12.9. The van der Waals surface area contributed by atoms with Gasteiger partial charge in [0, 0.05) is 30.0 Å². The molecule has 1 saturated heterocycles. The molecule has 22 heavy (non-hydrogen) atoms. The molecule has 0 bridgehead atoms. The zero-order valence-electron chi connectivity index (χ0n) is 12.2. The van der Waals surface area contributed by atoms with Crippen molar-refractivity contribution in [1.29, 1.82) is 0 Å². The molecule has 3 rings (SSSR count). The van der Waals surface area contributed by atoms with Gasteiger partial charge in [0.1, 0.15) is 5.82 Å². The van der Waals surface area contributed by atoms with E-state index in [-0.39, 0.29) is 18.5 Å². The Balaban J connectivity index is 1.86. The van der Waals surface area contributed by atoms with E-state index >= 15 is 0 Å². The number of aryl methyl sites for hydroxylation is 1. The number of aromatic amines is 1. The maximum atomic E-state index is 12.7. The molecule has 2 aromatic rings. The topological polar surface area (TPSA) is 82.1 Å². The van der Waals surface area contributed by atoms with Crippen molar-refractivity contribution in [2.45, 2.75) is 31.9 Å². The molecule has 6 nitrogen and oxygen atoms in total. The first-order valence-corrected chi connectivity index (χ1v) is 7.62. The van der Waals surface area contributed by atoms with Crippen LogP contribution in [0.15, 0.2) is 24.3 Å². The molecular formula is C15H17ClN4O2. The lowest BCUT2D eigenvalue weighted by Crippen LogP contribution is -2.32. The van der Waals surface area contributed by atoms with Gasteiger partial charge >= 0.3 is 0 Å². The van der Waals surface area contributed by atoms with Crippen LogP contribution in [0.25, 0.3) is 0 Å². The van der Waals surface area contributed by atoms with E-state index in [9.17, 15) is 9.90 Å². The number of aliphatic hydroxyl groups is 1. The minimum absolute atomic E-state index is 0.152. The Bertz CT molecular complexity index is 670. The molecule has 1 aliphatic heterocycles. The number of hydrogen-bond acceptors (Lipinski definition) is 4. The molecule has 0 saturated carbocycles. The summed E-state index contributed by atoms with van der Waals surface area (Å²) in [6.45, 7) is 2.26. The van der Waals surface area contributed by atoms with Crippen LogP contribution in [0.3, 0.4) is 0 Å². The quantitative estimate of drug-likeness (QED) is 0.906. The van der Waals surface area contributed by atoms with Gasteiger partial charge in [-0.2, -0.15) is 5.10 Å². The number of likely N-dealkylation sites (tertiary alicyclic amines) is 1. The molecule has 1 amide bonds. The molecule has 116 valence electrons. The molecule has 1 aromatic heterocycles. The SMILES string of the molecule is CCc1nc([C@@H]2C[C@@H](O)CN2C(=O)c2ccc(Cl)cc2)n[nH]1. The van der Waals surface area contributed by atoms with E-state index in [0.29, 0.717) is 22.8 Å². The van der Waals surface area contributed by atoms with Crippen molar-refractivity contribution in [3.05, 3.63) is 46.5 Å².